The van der Waals surface area contributed by atoms with Gasteiger partial charge in [0.2, 0.25) is 0 Å². The minimum Gasteiger partial charge on any atom is -0.482 e. The third-order valence-corrected chi connectivity index (χ3v) is 2.29. The predicted octanol–water partition coefficient (Wildman–Crippen LogP) is 3.31. The molecule has 0 spiro atoms. The molecule has 0 aliphatic rings. The molecule has 0 atom stereocenters. The van der Waals surface area contributed by atoms with Crippen LogP contribution in [0.4, 0.5) is 0 Å². The van der Waals surface area contributed by atoms with E-state index in [4.69, 9.17) is 27.9 Å². The fourth-order valence-corrected chi connectivity index (χ4v) is 1.84. The first kappa shape index (κ1) is 13.1. The molecule has 0 radical (unpaired) electrons. The zero-order valence-corrected chi connectivity index (χ0v) is 10.6. The number of benzene rings is 1. The number of aryl methyl sites for hydroxylation is 1. The van der Waals surface area contributed by atoms with Crippen LogP contribution >= 0.6 is 35.4 Å². The van der Waals surface area contributed by atoms with Gasteiger partial charge in [0.25, 0.3) is 5.91 Å². The third kappa shape index (κ3) is 3.58. The summed E-state index contributed by atoms with van der Waals surface area (Å²) in [6, 6.07) is 3.23. The number of hydrogen-bond acceptors (Lipinski definition) is 3. The summed E-state index contributed by atoms with van der Waals surface area (Å²) in [7, 11) is 0. The van der Waals surface area contributed by atoms with Crippen LogP contribution in [0.25, 0.3) is 0 Å². The molecule has 1 aromatic rings. The SMILES string of the molecule is Cc1cc(Cl)cc(Cl)c1OCC(=O)N=C=S. The van der Waals surface area contributed by atoms with Crippen molar-refractivity contribution in [2.24, 2.45) is 4.99 Å². The Kier molecular flexibility index (Phi) is 4.90. The van der Waals surface area contributed by atoms with E-state index in [1.165, 1.54) is 0 Å². The summed E-state index contributed by atoms with van der Waals surface area (Å²) < 4.78 is 5.22. The number of rotatable bonds is 3. The van der Waals surface area contributed by atoms with E-state index in [1.807, 2.05) is 5.16 Å². The Morgan fingerprint density at radius 1 is 1.56 bits per heavy atom. The summed E-state index contributed by atoms with van der Waals surface area (Å²) in [5, 5.41) is 2.83. The highest BCUT2D eigenvalue weighted by Crippen LogP contribution is 2.31. The number of isothiocyanates is 1. The van der Waals surface area contributed by atoms with E-state index < -0.39 is 5.91 Å². The van der Waals surface area contributed by atoms with Crippen molar-refractivity contribution in [2.75, 3.05) is 6.61 Å². The molecule has 0 aromatic heterocycles. The Bertz CT molecular complexity index is 447. The molecular formula is C10H7Cl2NO2S. The van der Waals surface area contributed by atoms with Crippen LogP contribution in [-0.2, 0) is 4.79 Å². The number of hydrogen-bond donors (Lipinski definition) is 0. The Hall–Kier alpha value is -0.930. The normalized spacial score (nSPS) is 9.44. The number of thiocarbonyl (C=S) groups is 1. The van der Waals surface area contributed by atoms with Crippen LogP contribution < -0.4 is 4.74 Å². The molecule has 0 aliphatic heterocycles. The number of aliphatic imine (C=N–C) groups is 1. The molecule has 16 heavy (non-hydrogen) atoms. The Morgan fingerprint density at radius 3 is 2.81 bits per heavy atom. The lowest BCUT2D eigenvalue weighted by atomic mass is 10.2. The molecule has 1 rings (SSSR count). The summed E-state index contributed by atoms with van der Waals surface area (Å²) in [5.74, 6) is -0.0978. The van der Waals surface area contributed by atoms with Crippen molar-refractivity contribution in [3.8, 4) is 5.75 Å². The van der Waals surface area contributed by atoms with Gasteiger partial charge < -0.3 is 4.74 Å². The first-order chi connectivity index (χ1) is 7.54. The van der Waals surface area contributed by atoms with E-state index >= 15 is 0 Å². The summed E-state index contributed by atoms with van der Waals surface area (Å²) in [6.07, 6.45) is 0. The summed E-state index contributed by atoms with van der Waals surface area (Å²) in [6.45, 7) is 1.55. The Morgan fingerprint density at radius 2 is 2.25 bits per heavy atom. The van der Waals surface area contributed by atoms with E-state index in [1.54, 1.807) is 19.1 Å². The number of halogens is 2. The molecule has 0 saturated carbocycles. The van der Waals surface area contributed by atoms with Gasteiger partial charge in [0.1, 0.15) is 5.75 Å². The molecule has 0 aliphatic carbocycles. The first-order valence-electron chi connectivity index (χ1n) is 4.23. The average molecular weight is 276 g/mol. The maximum atomic E-state index is 11.0. The molecule has 1 amide bonds. The molecule has 0 N–H and O–H groups in total. The van der Waals surface area contributed by atoms with Crippen LogP contribution in [0.3, 0.4) is 0 Å². The zero-order chi connectivity index (χ0) is 12.1. The van der Waals surface area contributed by atoms with Gasteiger partial charge in [0.15, 0.2) is 6.61 Å². The van der Waals surface area contributed by atoms with Crippen LogP contribution in [0.15, 0.2) is 17.1 Å². The molecular weight excluding hydrogens is 269 g/mol. The molecule has 0 saturated heterocycles. The number of nitrogens with zero attached hydrogens (tertiary/aromatic N) is 1. The van der Waals surface area contributed by atoms with Gasteiger partial charge in [-0.15, -0.1) is 0 Å². The lowest BCUT2D eigenvalue weighted by Crippen LogP contribution is -2.09. The van der Waals surface area contributed by atoms with E-state index in [-0.39, 0.29) is 6.61 Å². The summed E-state index contributed by atoms with van der Waals surface area (Å²) >= 11 is 16.0. The summed E-state index contributed by atoms with van der Waals surface area (Å²) in [5.41, 5.74) is 0.747. The van der Waals surface area contributed by atoms with E-state index in [0.717, 1.165) is 5.56 Å². The quantitative estimate of drug-likeness (QED) is 0.628. The zero-order valence-electron chi connectivity index (χ0n) is 8.29. The lowest BCUT2D eigenvalue weighted by molar-refractivity contribution is -0.119. The number of amides is 1. The second kappa shape index (κ2) is 5.97. The van der Waals surface area contributed by atoms with Gasteiger partial charge in [0.05, 0.1) is 10.2 Å². The highest BCUT2D eigenvalue weighted by Gasteiger charge is 2.09. The van der Waals surface area contributed by atoms with Gasteiger partial charge in [-0.25, -0.2) is 0 Å². The topological polar surface area (TPSA) is 38.7 Å². The van der Waals surface area contributed by atoms with Gasteiger partial charge in [-0.3, -0.25) is 4.79 Å². The van der Waals surface area contributed by atoms with Crippen LogP contribution in [0.1, 0.15) is 5.56 Å². The number of carbonyl (C=O) groups excluding carboxylic acids is 1. The van der Waals surface area contributed by atoms with Crippen molar-refractivity contribution in [1.82, 2.24) is 0 Å². The van der Waals surface area contributed by atoms with Gasteiger partial charge in [0, 0.05) is 5.02 Å². The lowest BCUT2D eigenvalue weighted by Gasteiger charge is -2.09. The van der Waals surface area contributed by atoms with Crippen molar-refractivity contribution >= 4 is 46.5 Å². The molecule has 0 fully saturated rings. The van der Waals surface area contributed by atoms with Crippen molar-refractivity contribution in [3.05, 3.63) is 27.7 Å². The largest absolute Gasteiger partial charge is 0.482 e. The predicted molar refractivity (Wildman–Crippen MR) is 66.7 cm³/mol. The van der Waals surface area contributed by atoms with Crippen LogP contribution in [-0.4, -0.2) is 17.7 Å². The molecule has 6 heteroatoms. The monoisotopic (exact) mass is 275 g/mol. The number of carbonyl (C=O) groups is 1. The fourth-order valence-electron chi connectivity index (χ4n) is 1.09. The van der Waals surface area contributed by atoms with E-state index in [2.05, 4.69) is 17.2 Å². The molecule has 1 aromatic carbocycles. The maximum absolute atomic E-state index is 11.0. The molecule has 3 nitrogen and oxygen atoms in total. The number of ether oxygens (including phenoxy) is 1. The average Bonchev–Trinajstić information content (AvgIpc) is 2.16. The van der Waals surface area contributed by atoms with Crippen molar-refractivity contribution in [3.63, 3.8) is 0 Å². The van der Waals surface area contributed by atoms with Gasteiger partial charge in [-0.2, -0.15) is 4.99 Å². The maximum Gasteiger partial charge on any atom is 0.292 e. The Labute approximate surface area is 108 Å². The van der Waals surface area contributed by atoms with Crippen LogP contribution in [0.5, 0.6) is 5.75 Å². The van der Waals surface area contributed by atoms with Crippen LogP contribution in [0, 0.1) is 6.92 Å². The highest BCUT2D eigenvalue weighted by atomic mass is 35.5. The molecule has 0 heterocycles. The second-order valence-electron chi connectivity index (χ2n) is 2.92. The summed E-state index contributed by atoms with van der Waals surface area (Å²) in [4.78, 5) is 14.3. The van der Waals surface area contributed by atoms with Gasteiger partial charge in [-0.05, 0) is 36.8 Å². The highest BCUT2D eigenvalue weighted by molar-refractivity contribution is 7.78. The van der Waals surface area contributed by atoms with Crippen molar-refractivity contribution in [2.45, 2.75) is 6.92 Å². The standard InChI is InChI=1S/C10H7Cl2NO2S/c1-6-2-7(11)3-8(12)10(6)15-4-9(14)13-5-16/h2-3H,4H2,1H3. The van der Waals surface area contributed by atoms with E-state index in [9.17, 15) is 4.79 Å². The molecule has 0 unspecified atom stereocenters. The molecule has 84 valence electrons. The third-order valence-electron chi connectivity index (χ3n) is 1.70. The van der Waals surface area contributed by atoms with Gasteiger partial charge in [-0.1, -0.05) is 23.2 Å². The molecule has 0 bridgehead atoms. The van der Waals surface area contributed by atoms with Crippen LogP contribution in [0.2, 0.25) is 10.0 Å². The Balaban J connectivity index is 2.82. The minimum absolute atomic E-state index is 0.230. The minimum atomic E-state index is -0.514. The second-order valence-corrected chi connectivity index (χ2v) is 3.95. The van der Waals surface area contributed by atoms with E-state index in [0.29, 0.717) is 15.8 Å². The van der Waals surface area contributed by atoms with Gasteiger partial charge >= 0.3 is 0 Å². The fraction of sp³-hybridized carbons (Fsp3) is 0.200. The first-order valence-corrected chi connectivity index (χ1v) is 5.40. The smallest absolute Gasteiger partial charge is 0.292 e. The van der Waals surface area contributed by atoms with Crippen molar-refractivity contribution < 1.29 is 9.53 Å². The van der Waals surface area contributed by atoms with Crippen molar-refractivity contribution in [1.29, 1.82) is 0 Å².